The van der Waals surface area contributed by atoms with Crippen molar-refractivity contribution in [3.8, 4) is 0 Å². The molecule has 1 aromatic rings. The van der Waals surface area contributed by atoms with Gasteiger partial charge in [-0.2, -0.15) is 0 Å². The van der Waals surface area contributed by atoms with Crippen LogP contribution in [0.5, 0.6) is 0 Å². The largest absolute Gasteiger partial charge is 0.382 e. The number of hydrogen-bond acceptors (Lipinski definition) is 2. The molecule has 0 amide bonds. The fraction of sp³-hybridized carbons (Fsp3) is 0.684. The van der Waals surface area contributed by atoms with Crippen molar-refractivity contribution in [1.29, 1.82) is 0 Å². The third-order valence-corrected chi connectivity index (χ3v) is 4.67. The Kier molecular flexibility index (Phi) is 5.55. The van der Waals surface area contributed by atoms with E-state index in [1.165, 1.54) is 49.0 Å². The maximum absolute atomic E-state index is 3.80. The molecular formula is C19H32N2. The molecule has 1 aromatic carbocycles. The van der Waals surface area contributed by atoms with Crippen LogP contribution in [0.1, 0.15) is 51.5 Å². The van der Waals surface area contributed by atoms with Gasteiger partial charge in [-0.25, -0.2) is 0 Å². The lowest BCUT2D eigenvalue weighted by atomic mass is 9.81. The van der Waals surface area contributed by atoms with E-state index in [-0.39, 0.29) is 0 Å². The zero-order chi connectivity index (χ0) is 15.4. The van der Waals surface area contributed by atoms with Gasteiger partial charge in [0.2, 0.25) is 0 Å². The first-order valence-electron chi connectivity index (χ1n) is 8.50. The lowest BCUT2D eigenvalue weighted by Crippen LogP contribution is -2.28. The second-order valence-corrected chi connectivity index (χ2v) is 7.40. The predicted octanol–water partition coefficient (Wildman–Crippen LogP) is 5.08. The first-order valence-corrected chi connectivity index (χ1v) is 8.50. The van der Waals surface area contributed by atoms with Crippen LogP contribution in [-0.4, -0.2) is 20.1 Å². The fourth-order valence-corrected chi connectivity index (χ4v) is 3.61. The van der Waals surface area contributed by atoms with Crippen LogP contribution in [-0.2, 0) is 0 Å². The maximum atomic E-state index is 3.80. The van der Waals surface area contributed by atoms with Gasteiger partial charge in [-0.15, -0.1) is 0 Å². The Labute approximate surface area is 130 Å². The molecule has 1 aliphatic rings. The molecule has 21 heavy (non-hydrogen) atoms. The van der Waals surface area contributed by atoms with Crippen LogP contribution in [0.15, 0.2) is 18.2 Å². The summed E-state index contributed by atoms with van der Waals surface area (Å²) in [6.07, 6.45) is 6.85. The lowest BCUT2D eigenvalue weighted by molar-refractivity contribution is 0.289. The first kappa shape index (κ1) is 16.2. The average molecular weight is 288 g/mol. The minimum atomic E-state index is 0.659. The Hall–Kier alpha value is -1.18. The molecule has 1 aliphatic carbocycles. The summed E-state index contributed by atoms with van der Waals surface area (Å²) >= 11 is 0. The molecule has 2 heteroatoms. The van der Waals surface area contributed by atoms with E-state index in [9.17, 15) is 0 Å². The zero-order valence-electron chi connectivity index (χ0n) is 14.4. The summed E-state index contributed by atoms with van der Waals surface area (Å²) in [7, 11) is 4.19. The van der Waals surface area contributed by atoms with Crippen LogP contribution in [0.2, 0.25) is 0 Å². The Balaban J connectivity index is 1.97. The normalized spacial score (nSPS) is 22.4. The molecule has 1 fully saturated rings. The van der Waals surface area contributed by atoms with E-state index in [0.29, 0.717) is 6.04 Å². The monoisotopic (exact) mass is 288 g/mol. The second kappa shape index (κ2) is 7.20. The topological polar surface area (TPSA) is 15.3 Å². The van der Waals surface area contributed by atoms with Gasteiger partial charge < -0.3 is 10.2 Å². The van der Waals surface area contributed by atoms with E-state index in [1.807, 2.05) is 0 Å². The predicted molar refractivity (Wildman–Crippen MR) is 94.3 cm³/mol. The molecule has 0 heterocycles. The van der Waals surface area contributed by atoms with Crippen LogP contribution in [0.25, 0.3) is 0 Å². The maximum Gasteiger partial charge on any atom is 0.0373 e. The molecule has 0 radical (unpaired) electrons. The fourth-order valence-electron chi connectivity index (χ4n) is 3.61. The molecule has 2 unspecified atom stereocenters. The van der Waals surface area contributed by atoms with Crippen LogP contribution < -0.4 is 10.2 Å². The molecule has 2 rings (SSSR count). The van der Waals surface area contributed by atoms with Crippen molar-refractivity contribution in [2.24, 2.45) is 11.8 Å². The highest BCUT2D eigenvalue weighted by Gasteiger charge is 2.22. The van der Waals surface area contributed by atoms with Gasteiger partial charge in [0.25, 0.3) is 0 Å². The molecule has 2 nitrogen and oxygen atoms in total. The number of nitrogens with one attached hydrogen (secondary N) is 1. The highest BCUT2D eigenvalue weighted by atomic mass is 15.1. The van der Waals surface area contributed by atoms with Crippen molar-refractivity contribution in [2.45, 2.75) is 58.9 Å². The number of aryl methyl sites for hydroxylation is 1. The minimum absolute atomic E-state index is 0.659. The van der Waals surface area contributed by atoms with Crippen LogP contribution >= 0.6 is 0 Å². The SMILES string of the molecule is Cc1cc(N(C)C)ccc1NC1CCCC(CC(C)C)C1. The van der Waals surface area contributed by atoms with Crippen LogP contribution in [0.3, 0.4) is 0 Å². The summed E-state index contributed by atoms with van der Waals surface area (Å²) in [5, 5.41) is 3.80. The van der Waals surface area contributed by atoms with E-state index >= 15 is 0 Å². The van der Waals surface area contributed by atoms with Gasteiger partial charge in [-0.05, 0) is 61.8 Å². The van der Waals surface area contributed by atoms with Gasteiger partial charge in [0.15, 0.2) is 0 Å². The van der Waals surface area contributed by atoms with Crippen molar-refractivity contribution >= 4 is 11.4 Å². The molecule has 0 saturated heterocycles. The molecule has 1 N–H and O–H groups in total. The van der Waals surface area contributed by atoms with Crippen LogP contribution in [0, 0.1) is 18.8 Å². The molecule has 0 bridgehead atoms. The standard InChI is InChI=1S/C19H32N2/c1-14(2)11-16-7-6-8-17(13-16)20-19-10-9-18(21(4)5)12-15(19)3/h9-10,12,14,16-17,20H,6-8,11,13H2,1-5H3. The van der Waals surface area contributed by atoms with Gasteiger partial charge in [-0.1, -0.05) is 26.7 Å². The van der Waals surface area contributed by atoms with Crippen molar-refractivity contribution < 1.29 is 0 Å². The average Bonchev–Trinajstić information content (AvgIpc) is 2.40. The van der Waals surface area contributed by atoms with Crippen molar-refractivity contribution in [3.63, 3.8) is 0 Å². The minimum Gasteiger partial charge on any atom is -0.382 e. The van der Waals surface area contributed by atoms with E-state index in [4.69, 9.17) is 0 Å². The van der Waals surface area contributed by atoms with E-state index in [0.717, 1.165) is 11.8 Å². The Morgan fingerprint density at radius 2 is 2.00 bits per heavy atom. The quantitative estimate of drug-likeness (QED) is 0.813. The number of rotatable bonds is 5. The molecular weight excluding hydrogens is 256 g/mol. The first-order chi connectivity index (χ1) is 9.95. The highest BCUT2D eigenvalue weighted by Crippen LogP contribution is 2.32. The zero-order valence-corrected chi connectivity index (χ0v) is 14.4. The number of nitrogens with zero attached hydrogens (tertiary/aromatic N) is 1. The Morgan fingerprint density at radius 3 is 2.62 bits per heavy atom. The van der Waals surface area contributed by atoms with Gasteiger partial charge in [0.1, 0.15) is 0 Å². The second-order valence-electron chi connectivity index (χ2n) is 7.40. The number of benzene rings is 1. The van der Waals surface area contributed by atoms with E-state index in [2.05, 4.69) is 63.3 Å². The smallest absolute Gasteiger partial charge is 0.0373 e. The van der Waals surface area contributed by atoms with E-state index < -0.39 is 0 Å². The summed E-state index contributed by atoms with van der Waals surface area (Å²) < 4.78 is 0. The summed E-state index contributed by atoms with van der Waals surface area (Å²) in [5.41, 5.74) is 3.95. The van der Waals surface area contributed by atoms with Crippen molar-refractivity contribution in [3.05, 3.63) is 23.8 Å². The van der Waals surface area contributed by atoms with Crippen molar-refractivity contribution in [2.75, 3.05) is 24.3 Å². The number of anilines is 2. The summed E-state index contributed by atoms with van der Waals surface area (Å²) in [4.78, 5) is 2.16. The van der Waals surface area contributed by atoms with Gasteiger partial charge in [0.05, 0.1) is 0 Å². The van der Waals surface area contributed by atoms with Gasteiger partial charge >= 0.3 is 0 Å². The number of hydrogen-bond donors (Lipinski definition) is 1. The molecule has 0 spiro atoms. The Morgan fingerprint density at radius 1 is 1.24 bits per heavy atom. The lowest BCUT2D eigenvalue weighted by Gasteiger charge is -2.32. The Bertz CT molecular complexity index is 451. The summed E-state index contributed by atoms with van der Waals surface area (Å²) in [6.45, 7) is 6.91. The molecule has 0 aromatic heterocycles. The van der Waals surface area contributed by atoms with E-state index in [1.54, 1.807) is 0 Å². The third-order valence-electron chi connectivity index (χ3n) is 4.67. The molecule has 2 atom stereocenters. The van der Waals surface area contributed by atoms with Gasteiger partial charge in [-0.3, -0.25) is 0 Å². The molecule has 1 saturated carbocycles. The third kappa shape index (κ3) is 4.66. The van der Waals surface area contributed by atoms with Crippen LogP contribution in [0.4, 0.5) is 11.4 Å². The van der Waals surface area contributed by atoms with Crippen molar-refractivity contribution in [1.82, 2.24) is 0 Å². The highest BCUT2D eigenvalue weighted by molar-refractivity contribution is 5.60. The summed E-state index contributed by atoms with van der Waals surface area (Å²) in [6, 6.07) is 7.39. The van der Waals surface area contributed by atoms with Gasteiger partial charge in [0, 0.05) is 31.5 Å². The molecule has 0 aliphatic heterocycles. The molecule has 118 valence electrons. The summed E-state index contributed by atoms with van der Waals surface area (Å²) in [5.74, 6) is 1.74.